The quantitative estimate of drug-likeness (QED) is 0.493. The van der Waals surface area contributed by atoms with Gasteiger partial charge in [0.2, 0.25) is 0 Å². The molecular weight excluding hydrogens is 369 g/mol. The Labute approximate surface area is 135 Å². The molecule has 6 nitrogen and oxygen atoms in total. The fourth-order valence-corrected chi connectivity index (χ4v) is 1.87. The van der Waals surface area contributed by atoms with Gasteiger partial charge in [-0.15, -0.1) is 24.0 Å². The maximum atomic E-state index is 4.82. The minimum atomic E-state index is 0. The van der Waals surface area contributed by atoms with E-state index in [9.17, 15) is 0 Å². The number of aromatic nitrogens is 2. The molecular formula is C13H20IN5O. The molecule has 0 fully saturated rings. The van der Waals surface area contributed by atoms with Gasteiger partial charge >= 0.3 is 0 Å². The maximum Gasteiger partial charge on any atom is 0.194 e. The summed E-state index contributed by atoms with van der Waals surface area (Å²) in [5, 5.41) is 7.22. The molecule has 2 aromatic heterocycles. The van der Waals surface area contributed by atoms with E-state index >= 15 is 0 Å². The summed E-state index contributed by atoms with van der Waals surface area (Å²) in [7, 11) is 5.76. The smallest absolute Gasteiger partial charge is 0.194 e. The maximum absolute atomic E-state index is 4.82. The molecule has 0 aliphatic heterocycles. The zero-order chi connectivity index (χ0) is 13.7. The zero-order valence-corrected chi connectivity index (χ0v) is 14.2. The molecule has 110 valence electrons. The first-order valence-electron chi connectivity index (χ1n) is 6.12. The second-order valence-corrected chi connectivity index (χ2v) is 4.36. The number of nitrogens with one attached hydrogen (secondary N) is 1. The number of aryl methyl sites for hydroxylation is 1. The molecule has 20 heavy (non-hydrogen) atoms. The predicted octanol–water partition coefficient (Wildman–Crippen LogP) is 1.84. The second-order valence-electron chi connectivity index (χ2n) is 4.36. The lowest BCUT2D eigenvalue weighted by molar-refractivity contribution is 0.391. The minimum absolute atomic E-state index is 0. The molecule has 2 heterocycles. The third-order valence-corrected chi connectivity index (χ3v) is 2.94. The molecule has 1 N–H and O–H groups in total. The van der Waals surface area contributed by atoms with Crippen LogP contribution in [0, 0.1) is 0 Å². The van der Waals surface area contributed by atoms with Gasteiger partial charge in [-0.25, -0.2) is 0 Å². The lowest BCUT2D eigenvalue weighted by Crippen LogP contribution is -2.38. The van der Waals surface area contributed by atoms with Crippen molar-refractivity contribution in [3.8, 4) is 0 Å². The highest BCUT2D eigenvalue weighted by atomic mass is 127. The van der Waals surface area contributed by atoms with Crippen LogP contribution in [0.1, 0.15) is 11.4 Å². The highest BCUT2D eigenvalue weighted by Crippen LogP contribution is 2.02. The van der Waals surface area contributed by atoms with Crippen LogP contribution in [-0.4, -0.2) is 34.7 Å². The summed E-state index contributed by atoms with van der Waals surface area (Å²) in [4.78, 5) is 6.26. The van der Waals surface area contributed by atoms with Gasteiger partial charge in [-0.2, -0.15) is 0 Å². The molecule has 0 atom stereocenters. The van der Waals surface area contributed by atoms with Gasteiger partial charge in [0.05, 0.1) is 13.1 Å². The van der Waals surface area contributed by atoms with Crippen LogP contribution >= 0.6 is 24.0 Å². The molecule has 0 saturated heterocycles. The molecule has 0 aliphatic rings. The van der Waals surface area contributed by atoms with Gasteiger partial charge in [0.15, 0.2) is 5.96 Å². The van der Waals surface area contributed by atoms with E-state index in [-0.39, 0.29) is 24.0 Å². The molecule has 2 rings (SSSR count). The summed E-state index contributed by atoms with van der Waals surface area (Å²) < 4.78 is 6.90. The van der Waals surface area contributed by atoms with Crippen molar-refractivity contribution < 1.29 is 4.52 Å². The Hall–Kier alpha value is -1.51. The number of halogens is 1. The van der Waals surface area contributed by atoms with E-state index in [0.717, 1.165) is 18.2 Å². The second kappa shape index (κ2) is 7.93. The number of guanidine groups is 1. The number of rotatable bonds is 4. The summed E-state index contributed by atoms with van der Waals surface area (Å²) in [6.45, 7) is 1.39. The van der Waals surface area contributed by atoms with Crippen LogP contribution in [0.2, 0.25) is 0 Å². The van der Waals surface area contributed by atoms with Crippen molar-refractivity contribution in [2.45, 2.75) is 13.1 Å². The van der Waals surface area contributed by atoms with Gasteiger partial charge in [0.1, 0.15) is 12.0 Å². The molecule has 0 aromatic carbocycles. The number of hydrogen-bond acceptors (Lipinski definition) is 3. The topological polar surface area (TPSA) is 58.6 Å². The summed E-state index contributed by atoms with van der Waals surface area (Å²) >= 11 is 0. The van der Waals surface area contributed by atoms with E-state index < -0.39 is 0 Å². The molecule has 7 heteroatoms. The van der Waals surface area contributed by atoms with E-state index in [2.05, 4.69) is 26.1 Å². The van der Waals surface area contributed by atoms with Crippen LogP contribution < -0.4 is 5.32 Å². The molecule has 0 unspecified atom stereocenters. The minimum Gasteiger partial charge on any atom is -0.364 e. The van der Waals surface area contributed by atoms with Crippen LogP contribution in [0.4, 0.5) is 0 Å². The molecule has 0 aliphatic carbocycles. The van der Waals surface area contributed by atoms with Gasteiger partial charge in [-0.1, -0.05) is 5.16 Å². The number of nitrogens with zero attached hydrogens (tertiary/aromatic N) is 4. The highest BCUT2D eigenvalue weighted by molar-refractivity contribution is 14.0. The molecule has 2 aromatic rings. The Balaban J connectivity index is 0.00000200. The first kappa shape index (κ1) is 16.5. The van der Waals surface area contributed by atoms with Crippen molar-refractivity contribution in [3.05, 3.63) is 42.0 Å². The van der Waals surface area contributed by atoms with Crippen molar-refractivity contribution in [3.63, 3.8) is 0 Å². The summed E-state index contributed by atoms with van der Waals surface area (Å²) in [6, 6.07) is 5.96. The average Bonchev–Trinajstić information content (AvgIpc) is 3.02. The monoisotopic (exact) mass is 389 g/mol. The lowest BCUT2D eigenvalue weighted by Gasteiger charge is -2.21. The summed E-state index contributed by atoms with van der Waals surface area (Å²) in [5.41, 5.74) is 2.08. The first-order chi connectivity index (χ1) is 9.20. The van der Waals surface area contributed by atoms with Crippen molar-refractivity contribution in [2.75, 3.05) is 14.1 Å². The largest absolute Gasteiger partial charge is 0.364 e. The summed E-state index contributed by atoms with van der Waals surface area (Å²) in [5.74, 6) is 0.823. The first-order valence-corrected chi connectivity index (χ1v) is 6.12. The Morgan fingerprint density at radius 2 is 2.30 bits per heavy atom. The molecule has 0 saturated carbocycles. The third-order valence-electron chi connectivity index (χ3n) is 2.94. The standard InChI is InChI=1S/C13H19N5O.HI/c1-14-13(15-9-12-5-4-7-17(12)2)18(3)10-11-6-8-19-16-11;/h4-8H,9-10H2,1-3H3,(H,14,15);1H. The number of hydrogen-bond donors (Lipinski definition) is 1. The van der Waals surface area contributed by atoms with Gasteiger partial charge in [-0.3, -0.25) is 4.99 Å². The third kappa shape index (κ3) is 4.26. The Morgan fingerprint density at radius 1 is 1.50 bits per heavy atom. The average molecular weight is 389 g/mol. The van der Waals surface area contributed by atoms with Crippen LogP contribution in [-0.2, 0) is 20.1 Å². The van der Waals surface area contributed by atoms with Crippen LogP contribution in [0.15, 0.2) is 40.2 Å². The SMILES string of the molecule is CN=C(NCc1cccn1C)N(C)Cc1ccon1.I. The highest BCUT2D eigenvalue weighted by Gasteiger charge is 2.08. The van der Waals surface area contributed by atoms with Crippen LogP contribution in [0.25, 0.3) is 0 Å². The van der Waals surface area contributed by atoms with Crippen molar-refractivity contribution >= 4 is 29.9 Å². The predicted molar refractivity (Wildman–Crippen MR) is 89.0 cm³/mol. The number of aliphatic imine (C=N–C) groups is 1. The zero-order valence-electron chi connectivity index (χ0n) is 11.9. The normalized spacial score (nSPS) is 11.1. The molecule has 0 amide bonds. The fraction of sp³-hybridized carbons (Fsp3) is 0.385. The lowest BCUT2D eigenvalue weighted by atomic mass is 10.4. The van der Waals surface area contributed by atoms with E-state index in [4.69, 9.17) is 4.52 Å². The van der Waals surface area contributed by atoms with Crippen molar-refractivity contribution in [2.24, 2.45) is 12.0 Å². The van der Waals surface area contributed by atoms with Gasteiger partial charge in [-0.05, 0) is 12.1 Å². The molecule has 0 bridgehead atoms. The van der Waals surface area contributed by atoms with E-state index in [1.54, 1.807) is 13.3 Å². The van der Waals surface area contributed by atoms with E-state index in [1.165, 1.54) is 5.69 Å². The van der Waals surface area contributed by atoms with Gasteiger partial charge in [0, 0.05) is 39.1 Å². The molecule has 0 spiro atoms. The Bertz CT molecular complexity index is 535. The molecule has 0 radical (unpaired) electrons. The Kier molecular flexibility index (Phi) is 6.56. The van der Waals surface area contributed by atoms with Gasteiger partial charge < -0.3 is 19.3 Å². The van der Waals surface area contributed by atoms with Crippen molar-refractivity contribution in [1.82, 2.24) is 19.9 Å². The van der Waals surface area contributed by atoms with Crippen molar-refractivity contribution in [1.29, 1.82) is 0 Å². The van der Waals surface area contributed by atoms with Gasteiger partial charge in [0.25, 0.3) is 0 Å². The van der Waals surface area contributed by atoms with Crippen LogP contribution in [0.3, 0.4) is 0 Å². The van der Waals surface area contributed by atoms with E-state index in [0.29, 0.717) is 6.54 Å². The van der Waals surface area contributed by atoms with Crippen LogP contribution in [0.5, 0.6) is 0 Å². The van der Waals surface area contributed by atoms with E-state index in [1.807, 2.05) is 37.3 Å². The fourth-order valence-electron chi connectivity index (χ4n) is 1.87. The summed E-state index contributed by atoms with van der Waals surface area (Å²) in [6.07, 6.45) is 3.60. The Morgan fingerprint density at radius 3 is 2.85 bits per heavy atom.